The normalized spacial score (nSPS) is 32.6. The summed E-state index contributed by atoms with van der Waals surface area (Å²) in [6.45, 7) is 7.41. The third-order valence-corrected chi connectivity index (χ3v) is 4.29. The van der Waals surface area contributed by atoms with E-state index in [1.165, 1.54) is 46.6 Å². The van der Waals surface area contributed by atoms with Crippen molar-refractivity contribution in [3.63, 3.8) is 0 Å². The summed E-state index contributed by atoms with van der Waals surface area (Å²) in [6.07, 6.45) is 0. The Morgan fingerprint density at radius 3 is 1.27 bits per heavy atom. The van der Waals surface area contributed by atoms with Gasteiger partial charge in [-0.2, -0.15) is 0 Å². The molecule has 5 atom stereocenters. The van der Waals surface area contributed by atoms with Gasteiger partial charge in [0.1, 0.15) is 30.2 Å². The van der Waals surface area contributed by atoms with E-state index in [-0.39, 0.29) is 0 Å². The minimum Gasteiger partial charge on any atom is -0.343 e. The van der Waals surface area contributed by atoms with Crippen LogP contribution in [-0.2, 0) is 24.0 Å². The fourth-order valence-electron chi connectivity index (χ4n) is 2.28. The van der Waals surface area contributed by atoms with E-state index in [0.29, 0.717) is 0 Å². The molecular formula is C16H27N5O5. The molecule has 0 aromatic rings. The van der Waals surface area contributed by atoms with Crippen LogP contribution in [0.15, 0.2) is 0 Å². The summed E-state index contributed by atoms with van der Waals surface area (Å²) < 4.78 is 0. The topological polar surface area (TPSA) is 137 Å². The second-order valence-electron chi connectivity index (χ2n) is 6.55. The Bertz CT molecular complexity index is 608. The Morgan fingerprint density at radius 2 is 0.885 bits per heavy atom. The molecule has 0 aromatic heterocycles. The predicted molar refractivity (Wildman–Crippen MR) is 92.7 cm³/mol. The molecule has 0 spiro atoms. The zero-order valence-electron chi connectivity index (χ0n) is 15.9. The van der Waals surface area contributed by atoms with Crippen LogP contribution in [0.4, 0.5) is 0 Å². The standard InChI is InChI=1S/C16H27N5O5/c1-7-12(22)18-8(2)14(24)20-10(4)16(26)21(6)11(5)15(25)19-9(3)13(23)17-7/h7-11H,1-6H3,(H,17,23)(H,18,22)(H,19,25)(H,20,24)/t7-,8-,9-,10-,11+/m0/s1. The lowest BCUT2D eigenvalue weighted by molar-refractivity contribution is -0.141. The summed E-state index contributed by atoms with van der Waals surface area (Å²) >= 11 is 0. The Morgan fingerprint density at radius 1 is 0.577 bits per heavy atom. The number of amides is 5. The third kappa shape index (κ3) is 5.17. The lowest BCUT2D eigenvalue weighted by Crippen LogP contribution is -2.55. The van der Waals surface area contributed by atoms with Crippen LogP contribution in [-0.4, -0.2) is 71.7 Å². The highest BCUT2D eigenvalue weighted by atomic mass is 16.2. The molecule has 0 unspecified atom stereocenters. The summed E-state index contributed by atoms with van der Waals surface area (Å²) in [5, 5.41) is 9.95. The molecule has 1 saturated heterocycles. The van der Waals surface area contributed by atoms with Crippen molar-refractivity contribution >= 4 is 29.5 Å². The van der Waals surface area contributed by atoms with E-state index in [1.807, 2.05) is 0 Å². The maximum Gasteiger partial charge on any atom is 0.245 e. The van der Waals surface area contributed by atoms with Gasteiger partial charge in [-0.3, -0.25) is 24.0 Å². The van der Waals surface area contributed by atoms with Gasteiger partial charge in [0.25, 0.3) is 0 Å². The molecule has 0 aliphatic carbocycles. The number of likely N-dealkylation sites (N-methyl/N-ethyl adjacent to an activating group) is 1. The van der Waals surface area contributed by atoms with Gasteiger partial charge in [-0.1, -0.05) is 0 Å². The molecular weight excluding hydrogens is 342 g/mol. The van der Waals surface area contributed by atoms with E-state index < -0.39 is 59.7 Å². The van der Waals surface area contributed by atoms with Gasteiger partial charge in [0.2, 0.25) is 29.5 Å². The Balaban J connectivity index is 3.10. The van der Waals surface area contributed by atoms with Crippen LogP contribution in [0, 0.1) is 0 Å². The Hall–Kier alpha value is -2.65. The summed E-state index contributed by atoms with van der Waals surface area (Å²) in [7, 11) is 1.44. The van der Waals surface area contributed by atoms with Gasteiger partial charge in [0.05, 0.1) is 0 Å². The predicted octanol–water partition coefficient (Wildman–Crippen LogP) is -2.13. The number of carbonyl (C=O) groups excluding carboxylic acids is 5. The van der Waals surface area contributed by atoms with E-state index in [0.717, 1.165) is 0 Å². The summed E-state index contributed by atoms with van der Waals surface area (Å²) in [6, 6.07) is -4.44. The second kappa shape index (κ2) is 8.63. The van der Waals surface area contributed by atoms with E-state index in [2.05, 4.69) is 21.3 Å². The van der Waals surface area contributed by atoms with E-state index in [1.54, 1.807) is 0 Å². The molecule has 146 valence electrons. The molecule has 1 heterocycles. The van der Waals surface area contributed by atoms with E-state index in [4.69, 9.17) is 0 Å². The second-order valence-corrected chi connectivity index (χ2v) is 6.55. The SMILES string of the molecule is C[C@@H]1NC(=O)[C@H](C)NC(=O)[C@@H](C)N(C)C(=O)[C@H](C)NC(=O)[C@H](C)NC1=O. The molecule has 26 heavy (non-hydrogen) atoms. The largest absolute Gasteiger partial charge is 0.343 e. The fourth-order valence-corrected chi connectivity index (χ4v) is 2.28. The molecule has 1 aliphatic heterocycles. The van der Waals surface area contributed by atoms with Crippen molar-refractivity contribution in [2.45, 2.75) is 64.8 Å². The Labute approximate surface area is 152 Å². The fraction of sp³-hybridized carbons (Fsp3) is 0.688. The van der Waals surface area contributed by atoms with Crippen molar-refractivity contribution in [2.24, 2.45) is 0 Å². The van der Waals surface area contributed by atoms with Crippen molar-refractivity contribution in [1.29, 1.82) is 0 Å². The minimum absolute atomic E-state index is 0.472. The van der Waals surface area contributed by atoms with Crippen molar-refractivity contribution in [1.82, 2.24) is 26.2 Å². The zero-order chi connectivity index (χ0) is 20.2. The van der Waals surface area contributed by atoms with Crippen LogP contribution in [0.25, 0.3) is 0 Å². The van der Waals surface area contributed by atoms with Crippen molar-refractivity contribution in [3.8, 4) is 0 Å². The van der Waals surface area contributed by atoms with Crippen LogP contribution < -0.4 is 21.3 Å². The molecule has 0 bridgehead atoms. The molecule has 10 nitrogen and oxygen atoms in total. The molecule has 0 aromatic carbocycles. The average molecular weight is 369 g/mol. The van der Waals surface area contributed by atoms with Gasteiger partial charge in [0, 0.05) is 7.05 Å². The number of nitrogens with one attached hydrogen (secondary N) is 4. The minimum atomic E-state index is -0.901. The third-order valence-electron chi connectivity index (χ3n) is 4.29. The quantitative estimate of drug-likeness (QED) is 0.386. The van der Waals surface area contributed by atoms with Crippen LogP contribution in [0.3, 0.4) is 0 Å². The van der Waals surface area contributed by atoms with E-state index >= 15 is 0 Å². The van der Waals surface area contributed by atoms with Gasteiger partial charge >= 0.3 is 0 Å². The van der Waals surface area contributed by atoms with Crippen molar-refractivity contribution in [3.05, 3.63) is 0 Å². The van der Waals surface area contributed by atoms with Crippen molar-refractivity contribution in [2.75, 3.05) is 7.05 Å². The van der Waals surface area contributed by atoms with Gasteiger partial charge in [-0.15, -0.1) is 0 Å². The number of hydrogen-bond acceptors (Lipinski definition) is 5. The maximum absolute atomic E-state index is 12.4. The lowest BCUT2D eigenvalue weighted by Gasteiger charge is -2.28. The smallest absolute Gasteiger partial charge is 0.245 e. The van der Waals surface area contributed by atoms with Gasteiger partial charge < -0.3 is 26.2 Å². The van der Waals surface area contributed by atoms with Gasteiger partial charge in [-0.25, -0.2) is 0 Å². The number of nitrogens with zero attached hydrogens (tertiary/aromatic N) is 1. The summed E-state index contributed by atoms with van der Waals surface area (Å²) in [5.41, 5.74) is 0. The molecule has 0 saturated carbocycles. The highest BCUT2D eigenvalue weighted by Gasteiger charge is 2.31. The van der Waals surface area contributed by atoms with Crippen molar-refractivity contribution < 1.29 is 24.0 Å². The first-order valence-corrected chi connectivity index (χ1v) is 8.43. The maximum atomic E-state index is 12.4. The first-order chi connectivity index (χ1) is 12.0. The van der Waals surface area contributed by atoms with Crippen LogP contribution >= 0.6 is 0 Å². The molecule has 1 aliphatic rings. The van der Waals surface area contributed by atoms with Crippen LogP contribution in [0.1, 0.15) is 34.6 Å². The molecule has 1 fully saturated rings. The number of hydrogen-bond donors (Lipinski definition) is 4. The lowest BCUT2D eigenvalue weighted by atomic mass is 10.2. The average Bonchev–Trinajstić information content (AvgIpc) is 2.58. The number of rotatable bonds is 0. The molecule has 4 N–H and O–H groups in total. The number of carbonyl (C=O) groups is 5. The van der Waals surface area contributed by atoms with Gasteiger partial charge in [-0.05, 0) is 34.6 Å². The highest BCUT2D eigenvalue weighted by Crippen LogP contribution is 2.02. The molecule has 1 rings (SSSR count). The summed E-state index contributed by atoms with van der Waals surface area (Å²) in [4.78, 5) is 62.3. The molecule has 10 heteroatoms. The molecule has 0 radical (unpaired) electrons. The first-order valence-electron chi connectivity index (χ1n) is 8.43. The zero-order valence-corrected chi connectivity index (χ0v) is 15.9. The highest BCUT2D eigenvalue weighted by molar-refractivity contribution is 5.97. The summed E-state index contributed by atoms with van der Waals surface area (Å²) in [5.74, 6) is -2.66. The Kier molecular flexibility index (Phi) is 7.10. The van der Waals surface area contributed by atoms with Crippen LogP contribution in [0.2, 0.25) is 0 Å². The van der Waals surface area contributed by atoms with E-state index in [9.17, 15) is 24.0 Å². The van der Waals surface area contributed by atoms with Gasteiger partial charge in [0.15, 0.2) is 0 Å². The first kappa shape index (κ1) is 21.4. The van der Waals surface area contributed by atoms with Crippen LogP contribution in [0.5, 0.6) is 0 Å². The molecule has 5 amide bonds. The monoisotopic (exact) mass is 369 g/mol.